The van der Waals surface area contributed by atoms with Gasteiger partial charge in [0.15, 0.2) is 0 Å². The molecular formula is C38H41ClKN3O5S2. The summed E-state index contributed by atoms with van der Waals surface area (Å²) in [5, 5.41) is 3.42. The quantitative estimate of drug-likeness (QED) is 0.127. The summed E-state index contributed by atoms with van der Waals surface area (Å²) in [6.45, 7) is 5.82. The van der Waals surface area contributed by atoms with E-state index < -0.39 is 0 Å². The SMILES string of the molecule is C.CCOC(=O)c1cc2c(s1)-c1ccccc1N(C(=O)c1ccc(N)cc1)CC2.CCOC(=O)c1cc2c(s1)-c1ccccc1NCC2.Cl.[H-].[K+]. The van der Waals surface area contributed by atoms with E-state index in [1.165, 1.54) is 38.7 Å². The second-order valence-electron chi connectivity index (χ2n) is 10.9. The fraction of sp³-hybridized carbons (Fsp3) is 0.237. The Morgan fingerprint density at radius 2 is 1.34 bits per heavy atom. The van der Waals surface area contributed by atoms with Crippen molar-refractivity contribution < 1.29 is 76.7 Å². The minimum atomic E-state index is -0.298. The van der Waals surface area contributed by atoms with Crippen molar-refractivity contribution in [2.24, 2.45) is 0 Å². The van der Waals surface area contributed by atoms with Gasteiger partial charge in [-0.25, -0.2) is 9.59 Å². The predicted octanol–water partition coefficient (Wildman–Crippen LogP) is 6.11. The summed E-state index contributed by atoms with van der Waals surface area (Å²) in [7, 11) is 0. The molecule has 0 unspecified atom stereocenters. The van der Waals surface area contributed by atoms with Gasteiger partial charge in [0.2, 0.25) is 0 Å². The average Bonchev–Trinajstić information content (AvgIpc) is 3.63. The zero-order valence-electron chi connectivity index (χ0n) is 28.6. The second-order valence-corrected chi connectivity index (χ2v) is 13.0. The first-order valence-electron chi connectivity index (χ1n) is 15.6. The number of thiophene rings is 2. The molecule has 5 aromatic rings. The minimum Gasteiger partial charge on any atom is -1.00 e. The van der Waals surface area contributed by atoms with Gasteiger partial charge in [-0.05, 0) is 86.3 Å². The standard InChI is InChI=1S/C22H20N2O3S.C15H15NO2S.CH4.ClH.K.H/c1-2-27-22(26)19-13-15-11-12-24(21(25)14-7-9-16(23)10-8-14)18-6-4-3-5-17(18)20(15)28-19;1-2-18-15(17)13-9-10-7-8-16-12-6-4-3-5-11(12)14(10)19-13;;;;/h3-10,13H,2,11-12,23H2,1H3;3-6,9,16H,2,7-8H2,1H3;1H4;1H;;/q;;;;+1;-1. The van der Waals surface area contributed by atoms with Crippen LogP contribution >= 0.6 is 35.1 Å². The first-order valence-corrected chi connectivity index (χ1v) is 17.2. The molecule has 0 fully saturated rings. The van der Waals surface area contributed by atoms with Crippen molar-refractivity contribution in [3.05, 3.63) is 111 Å². The van der Waals surface area contributed by atoms with Gasteiger partial charge in [-0.3, -0.25) is 4.79 Å². The number of fused-ring (bicyclic) bond motifs is 6. The van der Waals surface area contributed by atoms with E-state index in [9.17, 15) is 14.4 Å². The number of amides is 1. The number of hydrogen-bond donors (Lipinski definition) is 2. The number of halogens is 1. The molecule has 1 amide bonds. The molecule has 2 aliphatic heterocycles. The third-order valence-electron chi connectivity index (χ3n) is 7.90. The molecule has 8 nitrogen and oxygen atoms in total. The van der Waals surface area contributed by atoms with Gasteiger partial charge in [0.25, 0.3) is 5.91 Å². The number of carbonyl (C=O) groups excluding carboxylic acids is 3. The molecule has 7 rings (SSSR count). The first kappa shape index (κ1) is 41.4. The van der Waals surface area contributed by atoms with Crippen LogP contribution in [-0.2, 0) is 22.3 Å². The van der Waals surface area contributed by atoms with Crippen molar-refractivity contribution in [1.29, 1.82) is 0 Å². The Hall–Kier alpha value is -3.00. The number of hydrogen-bond acceptors (Lipinski definition) is 9. The third kappa shape index (κ3) is 9.07. The Kier molecular flexibility index (Phi) is 15.7. The number of nitrogens with two attached hydrogens (primary N) is 1. The van der Waals surface area contributed by atoms with Gasteiger partial charge in [0, 0.05) is 50.9 Å². The van der Waals surface area contributed by atoms with Crippen LogP contribution in [0.25, 0.3) is 20.9 Å². The zero-order chi connectivity index (χ0) is 32.9. The third-order valence-corrected chi connectivity index (χ3v) is 10.3. The van der Waals surface area contributed by atoms with Crippen molar-refractivity contribution in [3.63, 3.8) is 0 Å². The molecular weight excluding hydrogens is 717 g/mol. The summed E-state index contributed by atoms with van der Waals surface area (Å²) in [4.78, 5) is 42.5. The van der Waals surface area contributed by atoms with E-state index >= 15 is 0 Å². The number of ether oxygens (including phenoxy) is 2. The number of nitrogens with zero attached hydrogens (tertiary/aromatic N) is 1. The molecule has 12 heteroatoms. The topological polar surface area (TPSA) is 111 Å². The number of esters is 2. The smallest absolute Gasteiger partial charge is 1.00 e. The maximum absolute atomic E-state index is 13.2. The van der Waals surface area contributed by atoms with Gasteiger partial charge < -0.3 is 26.9 Å². The molecule has 258 valence electrons. The van der Waals surface area contributed by atoms with Gasteiger partial charge in [-0.1, -0.05) is 43.8 Å². The summed E-state index contributed by atoms with van der Waals surface area (Å²) < 4.78 is 10.2. The first-order chi connectivity index (χ1) is 22.9. The van der Waals surface area contributed by atoms with E-state index in [2.05, 4.69) is 17.4 Å². The van der Waals surface area contributed by atoms with Crippen LogP contribution in [0.15, 0.2) is 84.9 Å². The Labute approximate surface area is 351 Å². The van der Waals surface area contributed by atoms with Crippen LogP contribution in [0, 0.1) is 0 Å². The number of benzene rings is 3. The minimum absolute atomic E-state index is 0. The molecule has 0 radical (unpaired) electrons. The maximum atomic E-state index is 13.2. The van der Waals surface area contributed by atoms with Crippen molar-refractivity contribution >= 4 is 70.0 Å². The van der Waals surface area contributed by atoms with Gasteiger partial charge in [-0.2, -0.15) is 0 Å². The van der Waals surface area contributed by atoms with Gasteiger partial charge in [0.05, 0.1) is 18.9 Å². The van der Waals surface area contributed by atoms with E-state index in [4.69, 9.17) is 15.2 Å². The summed E-state index contributed by atoms with van der Waals surface area (Å²) in [6.07, 6.45) is 1.60. The Balaban J connectivity index is 0.000000347. The monoisotopic (exact) mass is 757 g/mol. The van der Waals surface area contributed by atoms with Crippen molar-refractivity contribution in [3.8, 4) is 20.9 Å². The van der Waals surface area contributed by atoms with E-state index in [1.807, 2.05) is 55.5 Å². The Morgan fingerprint density at radius 3 is 1.96 bits per heavy atom. The largest absolute Gasteiger partial charge is 1.00 e. The van der Waals surface area contributed by atoms with Gasteiger partial charge >= 0.3 is 63.3 Å². The van der Waals surface area contributed by atoms with Crippen LogP contribution in [0.1, 0.15) is 63.5 Å². The number of rotatable bonds is 5. The van der Waals surface area contributed by atoms with Crippen LogP contribution in [-0.4, -0.2) is 44.1 Å². The molecule has 50 heavy (non-hydrogen) atoms. The number of nitrogen functional groups attached to an aromatic ring is 1. The fourth-order valence-corrected chi connectivity index (χ4v) is 7.99. The molecule has 3 aromatic carbocycles. The van der Waals surface area contributed by atoms with Crippen LogP contribution < -0.4 is 67.3 Å². The van der Waals surface area contributed by atoms with Crippen molar-refractivity contribution in [2.75, 3.05) is 42.3 Å². The average molecular weight is 758 g/mol. The molecule has 0 atom stereocenters. The number of nitrogens with one attached hydrogen (secondary N) is 1. The van der Waals surface area contributed by atoms with E-state index in [0.717, 1.165) is 40.3 Å². The van der Waals surface area contributed by atoms with E-state index in [-0.39, 0.29) is 90.5 Å². The van der Waals surface area contributed by atoms with Gasteiger partial charge in [0.1, 0.15) is 9.75 Å². The second kappa shape index (κ2) is 19.0. The molecule has 0 saturated heterocycles. The molecule has 2 aromatic heterocycles. The van der Waals surface area contributed by atoms with E-state index in [0.29, 0.717) is 47.2 Å². The molecule has 0 bridgehead atoms. The molecule has 4 heterocycles. The molecule has 3 N–H and O–H groups in total. The van der Waals surface area contributed by atoms with Crippen LogP contribution in [0.4, 0.5) is 17.1 Å². The normalized spacial score (nSPS) is 12.0. The fourth-order valence-electron chi connectivity index (χ4n) is 5.70. The summed E-state index contributed by atoms with van der Waals surface area (Å²) in [5.74, 6) is -0.577. The number of para-hydroxylation sites is 2. The molecule has 0 aliphatic carbocycles. The zero-order valence-corrected chi connectivity index (χ0v) is 33.2. The van der Waals surface area contributed by atoms with Gasteiger partial charge in [-0.15, -0.1) is 35.1 Å². The molecule has 0 saturated carbocycles. The molecule has 2 aliphatic rings. The summed E-state index contributed by atoms with van der Waals surface area (Å²) >= 11 is 2.95. The predicted molar refractivity (Wildman–Crippen MR) is 205 cm³/mol. The summed E-state index contributed by atoms with van der Waals surface area (Å²) in [6, 6.07) is 26.9. The van der Waals surface area contributed by atoms with E-state index in [1.54, 1.807) is 36.1 Å². The summed E-state index contributed by atoms with van der Waals surface area (Å²) in [5.41, 5.74) is 13.4. The number of carbonyl (C=O) groups is 3. The Bertz CT molecular complexity index is 1950. The van der Waals surface area contributed by atoms with Crippen LogP contribution in [0.3, 0.4) is 0 Å². The maximum Gasteiger partial charge on any atom is 1.00 e. The van der Waals surface area contributed by atoms with Crippen LogP contribution in [0.2, 0.25) is 0 Å². The van der Waals surface area contributed by atoms with Crippen molar-refractivity contribution in [1.82, 2.24) is 0 Å². The number of anilines is 3. The van der Waals surface area contributed by atoms with Crippen LogP contribution in [0.5, 0.6) is 0 Å². The Morgan fingerprint density at radius 1 is 0.800 bits per heavy atom. The van der Waals surface area contributed by atoms with Crippen molar-refractivity contribution in [2.45, 2.75) is 34.1 Å². The molecule has 0 spiro atoms.